The molecule has 0 spiro atoms. The molecule has 2 aromatic carbocycles. The molecule has 0 bridgehead atoms. The number of carbonyl (C=O) groups is 2. The molecular weight excluding hydrogens is 319 g/mol. The summed E-state index contributed by atoms with van der Waals surface area (Å²) < 4.78 is 0. The normalized spacial score (nSPS) is 11.2. The van der Waals surface area contributed by atoms with Crippen molar-refractivity contribution in [1.82, 2.24) is 0 Å². The van der Waals surface area contributed by atoms with Crippen molar-refractivity contribution in [1.29, 1.82) is 0 Å². The lowest BCUT2D eigenvalue weighted by molar-refractivity contribution is 0.105. The van der Waals surface area contributed by atoms with E-state index in [9.17, 15) is 14.7 Å². The van der Waals surface area contributed by atoms with E-state index in [4.69, 9.17) is 0 Å². The summed E-state index contributed by atoms with van der Waals surface area (Å²) in [5.41, 5.74) is 5.73. The van der Waals surface area contributed by atoms with E-state index in [1.807, 2.05) is 39.8 Å². The Labute approximate surface area is 144 Å². The number of rotatable bonds is 4. The molecule has 1 atom stereocenters. The summed E-state index contributed by atoms with van der Waals surface area (Å²) in [5.74, 6) is 0.129. The Hall–Kier alpha value is -1.99. The minimum absolute atomic E-state index is 0.129. The van der Waals surface area contributed by atoms with Gasteiger partial charge in [0, 0.05) is 25.3 Å². The first-order valence-electron chi connectivity index (χ1n) is 7.86. The van der Waals surface area contributed by atoms with Crippen LogP contribution in [0.4, 0.5) is 0 Å². The summed E-state index contributed by atoms with van der Waals surface area (Å²) >= 11 is 0. The third-order valence-corrected chi connectivity index (χ3v) is 5.24. The van der Waals surface area contributed by atoms with Crippen molar-refractivity contribution >= 4 is 19.6 Å². The van der Waals surface area contributed by atoms with Crippen LogP contribution in [-0.2, 0) is 0 Å². The summed E-state index contributed by atoms with van der Waals surface area (Å²) in [6, 6.07) is 5.71. The van der Waals surface area contributed by atoms with Crippen LogP contribution in [0.1, 0.15) is 54.1 Å². The van der Waals surface area contributed by atoms with Crippen molar-refractivity contribution in [2.45, 2.75) is 41.5 Å². The molecule has 0 fully saturated rings. The van der Waals surface area contributed by atoms with Gasteiger partial charge in [0.25, 0.3) is 0 Å². The van der Waals surface area contributed by atoms with E-state index >= 15 is 0 Å². The predicted molar refractivity (Wildman–Crippen MR) is 99.9 cm³/mol. The third kappa shape index (κ3) is 3.42. The average molecular weight is 342 g/mol. The number of benzene rings is 2. The van der Waals surface area contributed by atoms with Gasteiger partial charge < -0.3 is 5.11 Å². The number of aryl methyl sites for hydroxylation is 5. The molecule has 0 aliphatic rings. The fraction of sp³-hybridized carbons (Fsp3) is 0.300. The Morgan fingerprint density at radius 1 is 0.750 bits per heavy atom. The van der Waals surface area contributed by atoms with Crippen LogP contribution >= 0.6 is 8.58 Å². The first kappa shape index (κ1) is 18.4. The van der Waals surface area contributed by atoms with Crippen molar-refractivity contribution in [3.63, 3.8) is 0 Å². The lowest BCUT2D eigenvalue weighted by atomic mass is 9.99. The number of hydrogen-bond acceptors (Lipinski definition) is 3. The van der Waals surface area contributed by atoms with E-state index in [1.54, 1.807) is 19.9 Å². The lowest BCUT2D eigenvalue weighted by Crippen LogP contribution is -2.06. The van der Waals surface area contributed by atoms with Crippen LogP contribution in [0, 0.1) is 41.5 Å². The number of phenols is 1. The van der Waals surface area contributed by atoms with Gasteiger partial charge in [0.1, 0.15) is 5.75 Å². The summed E-state index contributed by atoms with van der Waals surface area (Å²) in [5, 5.41) is 10.1. The van der Waals surface area contributed by atoms with Gasteiger partial charge in [-0.15, -0.1) is 0 Å². The van der Waals surface area contributed by atoms with Gasteiger partial charge in [-0.1, -0.05) is 23.8 Å². The Morgan fingerprint density at radius 3 is 1.75 bits per heavy atom. The van der Waals surface area contributed by atoms with E-state index in [1.165, 1.54) is 0 Å². The van der Waals surface area contributed by atoms with Gasteiger partial charge in [0.05, 0.1) is 0 Å². The molecule has 0 aromatic heterocycles. The smallest absolute Gasteiger partial charge is 0.189 e. The zero-order valence-electron chi connectivity index (χ0n) is 15.0. The van der Waals surface area contributed by atoms with E-state index in [0.717, 1.165) is 27.8 Å². The number of phenolic OH excluding ortho intramolecular Hbond substituents is 1. The molecule has 0 radical (unpaired) electrons. The zero-order valence-corrected chi connectivity index (χ0v) is 16.0. The zero-order chi connectivity index (χ0) is 18.2. The molecule has 0 saturated heterocycles. The minimum Gasteiger partial charge on any atom is -0.507 e. The van der Waals surface area contributed by atoms with Crippen LogP contribution in [0.3, 0.4) is 0 Å². The molecule has 0 amide bonds. The Kier molecular flexibility index (Phi) is 5.25. The van der Waals surface area contributed by atoms with Crippen molar-refractivity contribution in [3.05, 3.63) is 62.7 Å². The highest BCUT2D eigenvalue weighted by Gasteiger charge is 2.22. The van der Waals surface area contributed by atoms with Crippen LogP contribution in [0.5, 0.6) is 5.75 Å². The molecule has 1 N–H and O–H groups in total. The predicted octanol–water partition coefficient (Wildman–Crippen LogP) is 4.90. The second-order valence-corrected chi connectivity index (χ2v) is 7.57. The van der Waals surface area contributed by atoms with Gasteiger partial charge in [-0.2, -0.15) is 0 Å². The van der Waals surface area contributed by atoms with Crippen molar-refractivity contribution in [2.24, 2.45) is 0 Å². The minimum atomic E-state index is -0.479. The second-order valence-electron chi connectivity index (χ2n) is 6.42. The van der Waals surface area contributed by atoms with Gasteiger partial charge >= 0.3 is 0 Å². The first-order valence-corrected chi connectivity index (χ1v) is 8.86. The monoisotopic (exact) mass is 342 g/mol. The molecule has 2 rings (SSSR count). The fourth-order valence-corrected chi connectivity index (χ4v) is 4.53. The molecule has 2 aromatic rings. The van der Waals surface area contributed by atoms with E-state index in [2.05, 4.69) is 0 Å². The Morgan fingerprint density at radius 2 is 1.21 bits per heavy atom. The third-order valence-electron chi connectivity index (χ3n) is 4.29. The average Bonchev–Trinajstić information content (AvgIpc) is 2.43. The quantitative estimate of drug-likeness (QED) is 0.804. The van der Waals surface area contributed by atoms with Gasteiger partial charge in [-0.25, -0.2) is 0 Å². The summed E-state index contributed by atoms with van der Waals surface area (Å²) in [6.45, 7) is 11.1. The molecule has 4 heteroatoms. The summed E-state index contributed by atoms with van der Waals surface area (Å²) in [4.78, 5) is 25.4. The van der Waals surface area contributed by atoms with Crippen molar-refractivity contribution in [2.75, 3.05) is 0 Å². The van der Waals surface area contributed by atoms with Gasteiger partial charge in [0.15, 0.2) is 11.0 Å². The number of carbonyl (C=O) groups excluding carboxylic acids is 2. The van der Waals surface area contributed by atoms with Gasteiger partial charge in [-0.05, 0) is 63.8 Å². The summed E-state index contributed by atoms with van der Waals surface area (Å²) in [6.07, 6.45) is 0. The molecule has 1 unspecified atom stereocenters. The lowest BCUT2D eigenvalue weighted by Gasteiger charge is -2.14. The van der Waals surface area contributed by atoms with E-state index in [-0.39, 0.29) is 16.8 Å². The van der Waals surface area contributed by atoms with Crippen molar-refractivity contribution in [3.8, 4) is 5.75 Å². The van der Waals surface area contributed by atoms with Gasteiger partial charge in [0.2, 0.25) is 0 Å². The topological polar surface area (TPSA) is 54.4 Å². The van der Waals surface area contributed by atoms with E-state index in [0.29, 0.717) is 16.7 Å². The molecule has 0 aliphatic carbocycles. The highest BCUT2D eigenvalue weighted by atomic mass is 31.1. The Balaban J connectivity index is 2.38. The maximum Gasteiger partial charge on any atom is 0.189 e. The number of hydrogen-bond donors (Lipinski definition) is 1. The number of aromatic hydroxyl groups is 1. The van der Waals surface area contributed by atoms with Crippen LogP contribution in [0.2, 0.25) is 0 Å². The maximum absolute atomic E-state index is 12.7. The molecule has 24 heavy (non-hydrogen) atoms. The SMILES string of the molecule is Cc1cc(C)c(C(=O)PC(=O)c2c(C)cc(C)c(O)c2C)c(C)c1. The van der Waals surface area contributed by atoms with Crippen LogP contribution in [0.15, 0.2) is 18.2 Å². The molecule has 0 heterocycles. The Bertz CT molecular complexity index is 827. The van der Waals surface area contributed by atoms with E-state index < -0.39 is 8.58 Å². The molecule has 126 valence electrons. The molecule has 0 aliphatic heterocycles. The van der Waals surface area contributed by atoms with Crippen LogP contribution in [0.25, 0.3) is 0 Å². The van der Waals surface area contributed by atoms with Gasteiger partial charge in [-0.3, -0.25) is 9.59 Å². The maximum atomic E-state index is 12.7. The first-order chi connectivity index (χ1) is 11.1. The molecule has 3 nitrogen and oxygen atoms in total. The highest BCUT2D eigenvalue weighted by Crippen LogP contribution is 2.34. The summed E-state index contributed by atoms with van der Waals surface area (Å²) in [7, 11) is -0.479. The second kappa shape index (κ2) is 6.86. The van der Waals surface area contributed by atoms with Crippen LogP contribution < -0.4 is 0 Å². The van der Waals surface area contributed by atoms with Crippen LogP contribution in [-0.4, -0.2) is 16.2 Å². The van der Waals surface area contributed by atoms with Crippen molar-refractivity contribution < 1.29 is 14.7 Å². The fourth-order valence-electron chi connectivity index (χ4n) is 3.29. The standard InChI is InChI=1S/C20H23O3P/c1-10-7-11(2)16(12(3)8-10)19(22)24-20(23)17-13(4)9-14(5)18(21)15(17)6/h7-9,21,24H,1-6H3. The highest BCUT2D eigenvalue weighted by molar-refractivity contribution is 7.75. The molecule has 0 saturated carbocycles. The largest absolute Gasteiger partial charge is 0.507 e. The molecular formula is C20H23O3P.